The molecule has 1 saturated carbocycles. The van der Waals surface area contributed by atoms with Crippen molar-refractivity contribution in [2.24, 2.45) is 0 Å². The van der Waals surface area contributed by atoms with Crippen LogP contribution in [0.4, 0.5) is 5.69 Å². The fraction of sp³-hybridized carbons (Fsp3) is 0.667. The molecule has 22 heavy (non-hydrogen) atoms. The van der Waals surface area contributed by atoms with E-state index < -0.39 is 10.0 Å². The van der Waals surface area contributed by atoms with Crippen molar-refractivity contribution in [2.45, 2.75) is 44.0 Å². The van der Waals surface area contributed by atoms with Gasteiger partial charge < -0.3 is 10.5 Å². The highest BCUT2D eigenvalue weighted by molar-refractivity contribution is 7.89. The van der Waals surface area contributed by atoms with Gasteiger partial charge in [-0.1, -0.05) is 12.8 Å². The highest BCUT2D eigenvalue weighted by Crippen LogP contribution is 2.30. The zero-order valence-electron chi connectivity index (χ0n) is 12.9. The Morgan fingerprint density at radius 1 is 1.32 bits per heavy atom. The summed E-state index contributed by atoms with van der Waals surface area (Å²) in [4.78, 5) is 4.45. The van der Waals surface area contributed by atoms with E-state index in [-0.39, 0.29) is 11.4 Å². The molecule has 0 spiro atoms. The summed E-state index contributed by atoms with van der Waals surface area (Å²) in [5.74, 6) is 0. The van der Waals surface area contributed by atoms with Crippen LogP contribution in [0.3, 0.4) is 0 Å². The minimum absolute atomic E-state index is 0.221. The summed E-state index contributed by atoms with van der Waals surface area (Å²) in [6.07, 6.45) is 3.23. The van der Waals surface area contributed by atoms with Gasteiger partial charge in [0.05, 0.1) is 17.6 Å². The van der Waals surface area contributed by atoms with Gasteiger partial charge in [0.1, 0.15) is 6.10 Å². The molecule has 1 unspecified atom stereocenters. The fourth-order valence-electron chi connectivity index (χ4n) is 3.32. The topological polar surface area (TPSA) is 85.5 Å². The van der Waals surface area contributed by atoms with E-state index in [4.69, 9.17) is 10.5 Å². The molecule has 1 atom stereocenters. The predicted molar refractivity (Wildman–Crippen MR) is 84.8 cm³/mol. The number of nitrogens with two attached hydrogens (primary N) is 1. The molecule has 122 valence electrons. The van der Waals surface area contributed by atoms with E-state index in [0.29, 0.717) is 31.1 Å². The van der Waals surface area contributed by atoms with E-state index in [1.807, 2.05) is 6.92 Å². The number of aromatic nitrogens is 1. The summed E-state index contributed by atoms with van der Waals surface area (Å²) in [7, 11) is -3.23. The van der Waals surface area contributed by atoms with E-state index in [1.54, 1.807) is 16.4 Å². The van der Waals surface area contributed by atoms with Crippen LogP contribution in [0.5, 0.6) is 0 Å². The van der Waals surface area contributed by atoms with Crippen LogP contribution in [0.1, 0.15) is 43.2 Å². The van der Waals surface area contributed by atoms with Crippen molar-refractivity contribution >= 4 is 15.7 Å². The maximum atomic E-state index is 12.7. The highest BCUT2D eigenvalue weighted by Gasteiger charge is 2.37. The summed E-state index contributed by atoms with van der Waals surface area (Å²) in [6.45, 7) is 3.02. The van der Waals surface area contributed by atoms with E-state index >= 15 is 0 Å². The normalized spacial score (nSPS) is 24.7. The molecule has 0 aromatic carbocycles. The first-order chi connectivity index (χ1) is 10.5. The lowest BCUT2D eigenvalue weighted by Crippen LogP contribution is -2.45. The van der Waals surface area contributed by atoms with E-state index in [1.165, 1.54) is 0 Å². The second-order valence-corrected chi connectivity index (χ2v) is 8.35. The average molecular weight is 325 g/mol. The lowest BCUT2D eigenvalue weighted by molar-refractivity contribution is -0.00523. The predicted octanol–water partition coefficient (Wildman–Crippen LogP) is 1.62. The molecule has 1 aliphatic carbocycles. The Kier molecular flexibility index (Phi) is 4.38. The molecule has 6 nitrogen and oxygen atoms in total. The molecule has 1 saturated heterocycles. The first-order valence-corrected chi connectivity index (χ1v) is 9.32. The second kappa shape index (κ2) is 6.14. The summed E-state index contributed by atoms with van der Waals surface area (Å²) in [5.41, 5.74) is 8.01. The Balaban J connectivity index is 1.79. The van der Waals surface area contributed by atoms with Crippen LogP contribution in [0.2, 0.25) is 0 Å². The van der Waals surface area contributed by atoms with Gasteiger partial charge >= 0.3 is 0 Å². The van der Waals surface area contributed by atoms with Gasteiger partial charge in [0, 0.05) is 24.5 Å². The van der Waals surface area contributed by atoms with Crippen molar-refractivity contribution in [1.29, 1.82) is 0 Å². The summed E-state index contributed by atoms with van der Waals surface area (Å²) >= 11 is 0. The third-order valence-corrected chi connectivity index (χ3v) is 6.80. The largest absolute Gasteiger partial charge is 0.399 e. The molecule has 0 radical (unpaired) electrons. The number of hydrogen-bond donors (Lipinski definition) is 1. The van der Waals surface area contributed by atoms with Gasteiger partial charge in [-0.05, 0) is 31.9 Å². The molecule has 3 rings (SSSR count). The van der Waals surface area contributed by atoms with Crippen LogP contribution in [0.15, 0.2) is 12.1 Å². The molecule has 1 aromatic rings. The van der Waals surface area contributed by atoms with Crippen molar-refractivity contribution in [3.63, 3.8) is 0 Å². The number of aryl methyl sites for hydroxylation is 1. The maximum absolute atomic E-state index is 12.7. The van der Waals surface area contributed by atoms with Crippen molar-refractivity contribution in [1.82, 2.24) is 9.29 Å². The number of pyridine rings is 1. The van der Waals surface area contributed by atoms with Crippen molar-refractivity contribution in [2.75, 3.05) is 25.4 Å². The van der Waals surface area contributed by atoms with Crippen molar-refractivity contribution < 1.29 is 13.2 Å². The average Bonchev–Trinajstić information content (AvgIpc) is 3.01. The van der Waals surface area contributed by atoms with Crippen LogP contribution >= 0.6 is 0 Å². The Morgan fingerprint density at radius 3 is 2.73 bits per heavy atom. The van der Waals surface area contributed by atoms with Crippen LogP contribution < -0.4 is 5.73 Å². The second-order valence-electron chi connectivity index (χ2n) is 6.14. The smallest absolute Gasteiger partial charge is 0.217 e. The zero-order chi connectivity index (χ0) is 15.7. The first kappa shape index (κ1) is 15.7. The third-order valence-electron chi connectivity index (χ3n) is 4.44. The standard InChI is InChI=1S/C15H23N3O3S/c1-11-8-12(16)9-14(17-11)15-10-18(6-7-21-15)22(19,20)13-4-2-3-5-13/h8-9,13,15H,2-7,10H2,1H3,(H2,16,17). The molecule has 0 bridgehead atoms. The van der Waals surface area contributed by atoms with Gasteiger partial charge in [0.25, 0.3) is 0 Å². The number of ether oxygens (including phenoxy) is 1. The lowest BCUT2D eigenvalue weighted by atomic mass is 10.2. The van der Waals surface area contributed by atoms with Gasteiger partial charge in [0.15, 0.2) is 0 Å². The molecule has 2 heterocycles. The molecule has 1 aromatic heterocycles. The number of hydrogen-bond acceptors (Lipinski definition) is 5. The molecule has 1 aliphatic heterocycles. The SMILES string of the molecule is Cc1cc(N)cc(C2CN(S(=O)(=O)C3CCCC3)CCO2)n1. The van der Waals surface area contributed by atoms with Gasteiger partial charge in [-0.15, -0.1) is 0 Å². The quantitative estimate of drug-likeness (QED) is 0.912. The fourth-order valence-corrected chi connectivity index (χ4v) is 5.34. The molecule has 2 aliphatic rings. The van der Waals surface area contributed by atoms with E-state index in [0.717, 1.165) is 31.4 Å². The molecular weight excluding hydrogens is 302 g/mol. The van der Waals surface area contributed by atoms with Gasteiger partial charge in [-0.2, -0.15) is 4.31 Å². The van der Waals surface area contributed by atoms with Crippen molar-refractivity contribution in [3.05, 3.63) is 23.5 Å². The van der Waals surface area contributed by atoms with E-state index in [2.05, 4.69) is 4.98 Å². The highest BCUT2D eigenvalue weighted by atomic mass is 32.2. The summed E-state index contributed by atoms with van der Waals surface area (Å²) < 4.78 is 32.8. The summed E-state index contributed by atoms with van der Waals surface area (Å²) in [6, 6.07) is 3.56. The van der Waals surface area contributed by atoms with Gasteiger partial charge in [0.2, 0.25) is 10.0 Å². The Labute approximate surface area is 131 Å². The Hall–Kier alpha value is -1.18. The molecule has 2 N–H and O–H groups in total. The molecular formula is C15H23N3O3S. The summed E-state index contributed by atoms with van der Waals surface area (Å²) in [5, 5.41) is -0.221. The number of nitrogens with zero attached hydrogens (tertiary/aromatic N) is 2. The van der Waals surface area contributed by atoms with Gasteiger partial charge in [-0.25, -0.2) is 8.42 Å². The maximum Gasteiger partial charge on any atom is 0.217 e. The number of sulfonamides is 1. The number of anilines is 1. The molecule has 7 heteroatoms. The minimum atomic E-state index is -3.23. The molecule has 0 amide bonds. The number of morpholine rings is 1. The first-order valence-electron chi connectivity index (χ1n) is 7.81. The van der Waals surface area contributed by atoms with E-state index in [9.17, 15) is 8.42 Å². The number of rotatable bonds is 3. The monoisotopic (exact) mass is 325 g/mol. The minimum Gasteiger partial charge on any atom is -0.399 e. The van der Waals surface area contributed by atoms with Crippen molar-refractivity contribution in [3.8, 4) is 0 Å². The Bertz CT molecular complexity index is 621. The van der Waals surface area contributed by atoms with Crippen LogP contribution in [0.25, 0.3) is 0 Å². The Morgan fingerprint density at radius 2 is 2.05 bits per heavy atom. The zero-order valence-corrected chi connectivity index (χ0v) is 13.7. The number of nitrogen functional groups attached to an aromatic ring is 1. The van der Waals surface area contributed by atoms with Crippen LogP contribution in [0, 0.1) is 6.92 Å². The third kappa shape index (κ3) is 3.11. The lowest BCUT2D eigenvalue weighted by Gasteiger charge is -2.33. The van der Waals surface area contributed by atoms with Gasteiger partial charge in [-0.3, -0.25) is 4.98 Å². The van der Waals surface area contributed by atoms with Crippen LogP contribution in [-0.2, 0) is 14.8 Å². The van der Waals surface area contributed by atoms with Crippen LogP contribution in [-0.4, -0.2) is 42.7 Å². The molecule has 2 fully saturated rings.